The van der Waals surface area contributed by atoms with Crippen LogP contribution in [0.5, 0.6) is 0 Å². The number of carbonyl (C=O) groups is 1. The third kappa shape index (κ3) is 3.44. The fourth-order valence-electron chi connectivity index (χ4n) is 2.31. The highest BCUT2D eigenvalue weighted by Gasteiger charge is 2.38. The minimum Gasteiger partial charge on any atom is -0.480 e. The van der Waals surface area contributed by atoms with Crippen molar-refractivity contribution in [2.24, 2.45) is 0 Å². The van der Waals surface area contributed by atoms with Gasteiger partial charge in [-0.05, 0) is 36.6 Å². The molecule has 1 atom stereocenters. The summed E-state index contributed by atoms with van der Waals surface area (Å²) in [4.78, 5) is 11.1. The van der Waals surface area contributed by atoms with Crippen LogP contribution in [0.2, 0.25) is 10.0 Å². The zero-order chi connectivity index (χ0) is 14.9. The first-order valence-electron chi connectivity index (χ1n) is 5.97. The first-order valence-corrected chi connectivity index (χ1v) is 8.33. The van der Waals surface area contributed by atoms with Crippen molar-refractivity contribution in [2.75, 3.05) is 6.54 Å². The van der Waals surface area contributed by atoms with Crippen molar-refractivity contribution in [3.63, 3.8) is 0 Å². The van der Waals surface area contributed by atoms with Crippen molar-refractivity contribution in [3.05, 3.63) is 33.8 Å². The maximum absolute atomic E-state index is 12.3. The summed E-state index contributed by atoms with van der Waals surface area (Å²) in [6, 6.07) is 3.55. The Labute approximate surface area is 127 Å². The smallest absolute Gasteiger partial charge is 0.322 e. The first kappa shape index (κ1) is 15.6. The van der Waals surface area contributed by atoms with Crippen molar-refractivity contribution in [1.82, 2.24) is 4.31 Å². The Morgan fingerprint density at radius 1 is 1.30 bits per heavy atom. The predicted octanol–water partition coefficient (Wildman–Crippen LogP) is 2.37. The van der Waals surface area contributed by atoms with Crippen LogP contribution in [0.3, 0.4) is 0 Å². The molecule has 0 saturated carbocycles. The van der Waals surface area contributed by atoms with E-state index >= 15 is 0 Å². The van der Waals surface area contributed by atoms with Gasteiger partial charge in [-0.2, -0.15) is 4.31 Å². The number of sulfonamides is 1. The minimum atomic E-state index is -3.71. The molecule has 2 rings (SSSR count). The summed E-state index contributed by atoms with van der Waals surface area (Å²) in [6.07, 6.45) is 0.886. The van der Waals surface area contributed by atoms with E-state index in [2.05, 4.69) is 0 Å². The summed E-state index contributed by atoms with van der Waals surface area (Å²) in [5, 5.41) is 9.75. The second-order valence-electron chi connectivity index (χ2n) is 4.64. The highest BCUT2D eigenvalue weighted by atomic mass is 35.5. The van der Waals surface area contributed by atoms with Crippen LogP contribution in [0.15, 0.2) is 18.2 Å². The predicted molar refractivity (Wildman–Crippen MR) is 76.4 cm³/mol. The average molecular weight is 338 g/mol. The zero-order valence-corrected chi connectivity index (χ0v) is 12.7. The van der Waals surface area contributed by atoms with Crippen LogP contribution in [-0.2, 0) is 20.6 Å². The van der Waals surface area contributed by atoms with Crippen molar-refractivity contribution in [3.8, 4) is 0 Å². The van der Waals surface area contributed by atoms with Gasteiger partial charge in [-0.3, -0.25) is 4.79 Å². The lowest BCUT2D eigenvalue weighted by Gasteiger charge is -2.21. The molecule has 20 heavy (non-hydrogen) atoms. The first-order chi connectivity index (χ1) is 9.29. The molecule has 0 aliphatic carbocycles. The molecule has 1 aromatic rings. The molecule has 0 bridgehead atoms. The Hall–Kier alpha value is -0.820. The van der Waals surface area contributed by atoms with Crippen LogP contribution < -0.4 is 0 Å². The second-order valence-corrected chi connectivity index (χ2v) is 7.44. The number of hydrogen-bond donors (Lipinski definition) is 1. The van der Waals surface area contributed by atoms with E-state index in [1.807, 2.05) is 0 Å². The van der Waals surface area contributed by atoms with Gasteiger partial charge in [-0.15, -0.1) is 0 Å². The second kappa shape index (κ2) is 5.89. The van der Waals surface area contributed by atoms with Gasteiger partial charge in [-0.1, -0.05) is 23.2 Å². The van der Waals surface area contributed by atoms with Crippen molar-refractivity contribution < 1.29 is 18.3 Å². The maximum atomic E-state index is 12.3. The van der Waals surface area contributed by atoms with Gasteiger partial charge in [0, 0.05) is 16.6 Å². The zero-order valence-electron chi connectivity index (χ0n) is 10.4. The van der Waals surface area contributed by atoms with Gasteiger partial charge in [0.1, 0.15) is 6.04 Å². The summed E-state index contributed by atoms with van der Waals surface area (Å²) in [5.74, 6) is -1.42. The van der Waals surface area contributed by atoms with Crippen LogP contribution in [0.1, 0.15) is 18.4 Å². The topological polar surface area (TPSA) is 74.7 Å². The third-order valence-electron chi connectivity index (χ3n) is 3.12. The van der Waals surface area contributed by atoms with E-state index in [1.54, 1.807) is 0 Å². The standard InChI is InChI=1S/C12H13Cl2NO4S/c13-9-4-8(5-10(14)6-9)7-20(18,19)15-3-1-2-11(15)12(16)17/h4-6,11H,1-3,7H2,(H,16,17)/t11-/m1/s1. The van der Waals surface area contributed by atoms with E-state index in [0.29, 0.717) is 28.5 Å². The molecule has 5 nitrogen and oxygen atoms in total. The number of aliphatic carboxylic acids is 1. The molecule has 110 valence electrons. The average Bonchev–Trinajstić information content (AvgIpc) is 2.75. The SMILES string of the molecule is O=C(O)[C@H]1CCCN1S(=O)(=O)Cc1cc(Cl)cc(Cl)c1. The number of nitrogens with zero attached hydrogens (tertiary/aromatic N) is 1. The fraction of sp³-hybridized carbons (Fsp3) is 0.417. The van der Waals surface area contributed by atoms with Crippen molar-refractivity contribution >= 4 is 39.2 Å². The number of carboxylic acid groups (broad SMARTS) is 1. The molecule has 1 N–H and O–H groups in total. The Morgan fingerprint density at radius 2 is 1.90 bits per heavy atom. The van der Waals surface area contributed by atoms with E-state index in [0.717, 1.165) is 4.31 Å². The largest absolute Gasteiger partial charge is 0.480 e. The number of hydrogen-bond acceptors (Lipinski definition) is 3. The maximum Gasteiger partial charge on any atom is 0.322 e. The Morgan fingerprint density at radius 3 is 2.45 bits per heavy atom. The summed E-state index contributed by atoms with van der Waals surface area (Å²) in [5.41, 5.74) is 0.443. The van der Waals surface area contributed by atoms with Crippen LogP contribution in [0.25, 0.3) is 0 Å². The molecule has 0 spiro atoms. The Bertz CT molecular complexity index is 612. The molecular formula is C12H13Cl2NO4S. The normalized spacial score (nSPS) is 20.2. The van der Waals surface area contributed by atoms with Gasteiger partial charge in [0.25, 0.3) is 0 Å². The minimum absolute atomic E-state index is 0.230. The van der Waals surface area contributed by atoms with E-state index in [4.69, 9.17) is 28.3 Å². The molecule has 0 radical (unpaired) electrons. The van der Waals surface area contributed by atoms with E-state index < -0.39 is 22.0 Å². The fourth-order valence-corrected chi connectivity index (χ4v) is 4.62. The Kier molecular flexibility index (Phi) is 4.59. The van der Waals surface area contributed by atoms with Gasteiger partial charge in [0.2, 0.25) is 10.0 Å². The molecule has 1 aliphatic rings. The van der Waals surface area contributed by atoms with Crippen molar-refractivity contribution in [2.45, 2.75) is 24.6 Å². The van der Waals surface area contributed by atoms with Gasteiger partial charge in [-0.25, -0.2) is 8.42 Å². The lowest BCUT2D eigenvalue weighted by Crippen LogP contribution is -2.40. The van der Waals surface area contributed by atoms with Gasteiger partial charge in [0.05, 0.1) is 5.75 Å². The summed E-state index contributed by atoms with van der Waals surface area (Å²) >= 11 is 11.7. The third-order valence-corrected chi connectivity index (χ3v) is 5.40. The lowest BCUT2D eigenvalue weighted by atomic mass is 10.2. The van der Waals surface area contributed by atoms with Gasteiger partial charge >= 0.3 is 5.97 Å². The van der Waals surface area contributed by atoms with E-state index in [1.165, 1.54) is 18.2 Å². The highest BCUT2D eigenvalue weighted by molar-refractivity contribution is 7.88. The molecule has 0 unspecified atom stereocenters. The molecule has 0 aromatic heterocycles. The molecule has 0 amide bonds. The monoisotopic (exact) mass is 337 g/mol. The molecule has 1 heterocycles. The van der Waals surface area contributed by atoms with Gasteiger partial charge < -0.3 is 5.11 Å². The lowest BCUT2D eigenvalue weighted by molar-refractivity contribution is -0.140. The summed E-state index contributed by atoms with van der Waals surface area (Å²) in [6.45, 7) is 0.230. The van der Waals surface area contributed by atoms with Crippen LogP contribution in [-0.4, -0.2) is 36.4 Å². The number of rotatable bonds is 4. The molecule has 1 fully saturated rings. The summed E-state index contributed by atoms with van der Waals surface area (Å²) < 4.78 is 25.7. The van der Waals surface area contributed by atoms with E-state index in [9.17, 15) is 13.2 Å². The van der Waals surface area contributed by atoms with Crippen molar-refractivity contribution in [1.29, 1.82) is 0 Å². The highest BCUT2D eigenvalue weighted by Crippen LogP contribution is 2.26. The van der Waals surface area contributed by atoms with Crippen LogP contribution in [0, 0.1) is 0 Å². The molecule has 1 saturated heterocycles. The Balaban J connectivity index is 2.24. The molecule has 8 heteroatoms. The number of carboxylic acids is 1. The summed E-state index contributed by atoms with van der Waals surface area (Å²) in [7, 11) is -3.71. The van der Waals surface area contributed by atoms with Crippen LogP contribution in [0.4, 0.5) is 0 Å². The number of benzene rings is 1. The van der Waals surface area contributed by atoms with Gasteiger partial charge in [0.15, 0.2) is 0 Å². The molecular weight excluding hydrogens is 325 g/mol. The van der Waals surface area contributed by atoms with E-state index in [-0.39, 0.29) is 12.3 Å². The number of halogens is 2. The molecule has 1 aliphatic heterocycles. The quantitative estimate of drug-likeness (QED) is 0.915. The van der Waals surface area contributed by atoms with Crippen LogP contribution >= 0.6 is 23.2 Å². The molecule has 1 aromatic carbocycles.